The van der Waals surface area contributed by atoms with E-state index in [9.17, 15) is 9.18 Å². The summed E-state index contributed by atoms with van der Waals surface area (Å²) in [6.45, 7) is 1.61. The van der Waals surface area contributed by atoms with Crippen LogP contribution in [0.5, 0.6) is 0 Å². The monoisotopic (exact) mass is 169 g/mol. The van der Waals surface area contributed by atoms with Gasteiger partial charge in [0.1, 0.15) is 5.82 Å². The Morgan fingerprint density at radius 3 is 2.67 bits per heavy atom. The third kappa shape index (κ3) is 1.37. The van der Waals surface area contributed by atoms with Crippen LogP contribution in [-0.4, -0.2) is 11.1 Å². The molecule has 0 aliphatic heterocycles. The third-order valence-electron chi connectivity index (χ3n) is 1.50. The second-order valence-corrected chi connectivity index (χ2v) is 2.51. The number of carbonyl (C=O) groups is 1. The SMILES string of the molecule is Cc1cc(F)c(N)c(C(=O)O)c1. The topological polar surface area (TPSA) is 63.3 Å². The molecule has 3 nitrogen and oxygen atoms in total. The number of carboxylic acids is 1. The summed E-state index contributed by atoms with van der Waals surface area (Å²) >= 11 is 0. The Morgan fingerprint density at radius 1 is 1.58 bits per heavy atom. The summed E-state index contributed by atoms with van der Waals surface area (Å²) in [5.41, 5.74) is 5.24. The summed E-state index contributed by atoms with van der Waals surface area (Å²) < 4.78 is 12.8. The van der Waals surface area contributed by atoms with Crippen LogP contribution in [0.1, 0.15) is 15.9 Å². The van der Waals surface area contributed by atoms with E-state index in [1.54, 1.807) is 6.92 Å². The van der Waals surface area contributed by atoms with Crippen LogP contribution in [0.4, 0.5) is 10.1 Å². The van der Waals surface area contributed by atoms with Crippen molar-refractivity contribution in [2.45, 2.75) is 6.92 Å². The highest BCUT2D eigenvalue weighted by molar-refractivity contribution is 5.93. The minimum atomic E-state index is -1.21. The van der Waals surface area contributed by atoms with Gasteiger partial charge in [-0.3, -0.25) is 0 Å². The predicted molar refractivity (Wildman–Crippen MR) is 42.5 cm³/mol. The first-order chi connectivity index (χ1) is 5.52. The van der Waals surface area contributed by atoms with Crippen molar-refractivity contribution in [1.29, 1.82) is 0 Å². The number of rotatable bonds is 1. The van der Waals surface area contributed by atoms with Crippen LogP contribution in [-0.2, 0) is 0 Å². The first-order valence-corrected chi connectivity index (χ1v) is 3.31. The highest BCUT2D eigenvalue weighted by atomic mass is 19.1. The molecule has 0 bridgehead atoms. The van der Waals surface area contributed by atoms with E-state index in [1.807, 2.05) is 0 Å². The van der Waals surface area contributed by atoms with Gasteiger partial charge in [-0.05, 0) is 24.6 Å². The van der Waals surface area contributed by atoms with Gasteiger partial charge in [0.2, 0.25) is 0 Å². The smallest absolute Gasteiger partial charge is 0.337 e. The fraction of sp³-hybridized carbons (Fsp3) is 0.125. The van der Waals surface area contributed by atoms with E-state index in [2.05, 4.69) is 0 Å². The Bertz CT molecular complexity index is 336. The van der Waals surface area contributed by atoms with Gasteiger partial charge >= 0.3 is 5.97 Å². The van der Waals surface area contributed by atoms with Gasteiger partial charge < -0.3 is 10.8 Å². The van der Waals surface area contributed by atoms with Gasteiger partial charge in [0, 0.05) is 0 Å². The minimum Gasteiger partial charge on any atom is -0.478 e. The summed E-state index contributed by atoms with van der Waals surface area (Å²) in [5, 5.41) is 8.57. The number of aromatic carboxylic acids is 1. The van der Waals surface area contributed by atoms with Crippen molar-refractivity contribution in [3.8, 4) is 0 Å². The second-order valence-electron chi connectivity index (χ2n) is 2.51. The Hall–Kier alpha value is -1.58. The van der Waals surface area contributed by atoms with Crippen molar-refractivity contribution < 1.29 is 14.3 Å². The molecule has 1 rings (SSSR count). The quantitative estimate of drug-likeness (QED) is 0.625. The molecule has 3 N–H and O–H groups in total. The molecule has 12 heavy (non-hydrogen) atoms. The predicted octanol–water partition coefficient (Wildman–Crippen LogP) is 1.41. The van der Waals surface area contributed by atoms with E-state index in [-0.39, 0.29) is 11.3 Å². The maximum atomic E-state index is 12.8. The summed E-state index contributed by atoms with van der Waals surface area (Å²) in [5.74, 6) is -1.90. The molecule has 0 saturated heterocycles. The minimum absolute atomic E-state index is 0.187. The molecule has 0 unspecified atom stereocenters. The number of aryl methyl sites for hydroxylation is 1. The molecule has 0 heterocycles. The van der Waals surface area contributed by atoms with Gasteiger partial charge in [-0.2, -0.15) is 0 Å². The summed E-state index contributed by atoms with van der Waals surface area (Å²) in [4.78, 5) is 10.5. The van der Waals surface area contributed by atoms with Crippen LogP contribution in [0.15, 0.2) is 12.1 Å². The maximum Gasteiger partial charge on any atom is 0.337 e. The maximum absolute atomic E-state index is 12.8. The van der Waals surface area contributed by atoms with E-state index < -0.39 is 11.8 Å². The fourth-order valence-corrected chi connectivity index (χ4v) is 0.930. The number of hydrogen-bond donors (Lipinski definition) is 2. The first-order valence-electron chi connectivity index (χ1n) is 3.31. The van der Waals surface area contributed by atoms with Crippen LogP contribution >= 0.6 is 0 Å². The normalized spacial score (nSPS) is 9.83. The number of halogens is 1. The molecule has 4 heteroatoms. The lowest BCUT2D eigenvalue weighted by atomic mass is 10.1. The van der Waals surface area contributed by atoms with Crippen molar-refractivity contribution in [3.05, 3.63) is 29.1 Å². The second kappa shape index (κ2) is 2.81. The van der Waals surface area contributed by atoms with Crippen LogP contribution < -0.4 is 5.73 Å². The van der Waals surface area contributed by atoms with E-state index in [0.29, 0.717) is 5.56 Å². The van der Waals surface area contributed by atoms with Crippen LogP contribution in [0, 0.1) is 12.7 Å². The summed E-state index contributed by atoms with van der Waals surface area (Å²) in [6, 6.07) is 2.53. The van der Waals surface area contributed by atoms with Gasteiger partial charge in [-0.1, -0.05) is 0 Å². The number of hydrogen-bond acceptors (Lipinski definition) is 2. The lowest BCUT2D eigenvalue weighted by molar-refractivity contribution is 0.0697. The molecule has 0 atom stereocenters. The molecule has 1 aromatic carbocycles. The molecule has 0 aliphatic carbocycles. The van der Waals surface area contributed by atoms with Crippen molar-refractivity contribution in [3.63, 3.8) is 0 Å². The van der Waals surface area contributed by atoms with Crippen LogP contribution in [0.3, 0.4) is 0 Å². The number of nitrogens with two attached hydrogens (primary N) is 1. The highest BCUT2D eigenvalue weighted by Crippen LogP contribution is 2.18. The standard InChI is InChI=1S/C8H8FNO2/c1-4-2-5(8(11)12)7(10)6(9)3-4/h2-3H,10H2,1H3,(H,11,12). The molecule has 0 spiro atoms. The van der Waals surface area contributed by atoms with E-state index in [4.69, 9.17) is 10.8 Å². The van der Waals surface area contributed by atoms with E-state index in [0.717, 1.165) is 0 Å². The molecule has 0 fully saturated rings. The summed E-state index contributed by atoms with van der Waals surface area (Å²) in [6.07, 6.45) is 0. The van der Waals surface area contributed by atoms with Crippen molar-refractivity contribution >= 4 is 11.7 Å². The lowest BCUT2D eigenvalue weighted by Gasteiger charge is -2.02. The molecular weight excluding hydrogens is 161 g/mol. The van der Waals surface area contributed by atoms with Gasteiger partial charge in [-0.25, -0.2) is 9.18 Å². The Balaban J connectivity index is 3.37. The molecule has 0 aliphatic rings. The van der Waals surface area contributed by atoms with Gasteiger partial charge in [0.05, 0.1) is 11.3 Å². The van der Waals surface area contributed by atoms with Crippen LogP contribution in [0.25, 0.3) is 0 Å². The Morgan fingerprint density at radius 2 is 2.17 bits per heavy atom. The lowest BCUT2D eigenvalue weighted by Crippen LogP contribution is -2.05. The number of benzene rings is 1. The molecule has 0 saturated carbocycles. The fourth-order valence-electron chi connectivity index (χ4n) is 0.930. The zero-order valence-corrected chi connectivity index (χ0v) is 6.47. The molecule has 64 valence electrons. The zero-order chi connectivity index (χ0) is 9.30. The molecule has 0 amide bonds. The van der Waals surface area contributed by atoms with E-state index >= 15 is 0 Å². The Labute approximate surface area is 68.6 Å². The average Bonchev–Trinajstić information content (AvgIpc) is 1.96. The number of carboxylic acid groups (broad SMARTS) is 1. The number of nitrogen functional groups attached to an aromatic ring is 1. The molecule has 1 aromatic rings. The van der Waals surface area contributed by atoms with E-state index in [1.165, 1.54) is 12.1 Å². The van der Waals surface area contributed by atoms with Gasteiger partial charge in [-0.15, -0.1) is 0 Å². The molecular formula is C8H8FNO2. The third-order valence-corrected chi connectivity index (χ3v) is 1.50. The van der Waals surface area contributed by atoms with Gasteiger partial charge in [0.15, 0.2) is 0 Å². The zero-order valence-electron chi connectivity index (χ0n) is 6.47. The summed E-state index contributed by atoms with van der Waals surface area (Å²) in [7, 11) is 0. The largest absolute Gasteiger partial charge is 0.478 e. The molecule has 0 radical (unpaired) electrons. The molecule has 0 aromatic heterocycles. The van der Waals surface area contributed by atoms with Crippen LogP contribution in [0.2, 0.25) is 0 Å². The first kappa shape index (κ1) is 8.52. The number of anilines is 1. The van der Waals surface area contributed by atoms with Crippen molar-refractivity contribution in [2.75, 3.05) is 5.73 Å². The highest BCUT2D eigenvalue weighted by Gasteiger charge is 2.11. The average molecular weight is 169 g/mol. The van der Waals surface area contributed by atoms with Gasteiger partial charge in [0.25, 0.3) is 0 Å². The Kier molecular flexibility index (Phi) is 1.99. The van der Waals surface area contributed by atoms with Crippen molar-refractivity contribution in [1.82, 2.24) is 0 Å². The van der Waals surface area contributed by atoms with Crippen molar-refractivity contribution in [2.24, 2.45) is 0 Å².